The lowest BCUT2D eigenvalue weighted by Crippen LogP contribution is -2.48. The Morgan fingerprint density at radius 3 is 2.50 bits per heavy atom. The summed E-state index contributed by atoms with van der Waals surface area (Å²) in [6.45, 7) is 10.2. The largest absolute Gasteiger partial charge is 0.444 e. The molecular weight excluding hydrogens is 348 g/mol. The van der Waals surface area contributed by atoms with E-state index in [0.29, 0.717) is 6.54 Å². The molecule has 0 bridgehead atoms. The lowest BCUT2D eigenvalue weighted by atomic mass is 9.88. The number of para-hydroxylation sites is 1. The third-order valence-corrected chi connectivity index (χ3v) is 4.59. The number of anilines is 1. The highest BCUT2D eigenvalue weighted by Gasteiger charge is 2.33. The number of fused-ring (bicyclic) bond motifs is 1. The molecule has 0 radical (unpaired) electrons. The highest BCUT2D eigenvalue weighted by molar-refractivity contribution is 5.71. The van der Waals surface area contributed by atoms with Gasteiger partial charge >= 0.3 is 6.09 Å². The lowest BCUT2D eigenvalue weighted by molar-refractivity contribution is 0.0499. The van der Waals surface area contributed by atoms with Crippen LogP contribution in [0.2, 0.25) is 0 Å². The van der Waals surface area contributed by atoms with Gasteiger partial charge in [0.05, 0.1) is 12.1 Å². The van der Waals surface area contributed by atoms with E-state index in [0.717, 1.165) is 16.8 Å². The van der Waals surface area contributed by atoms with E-state index in [1.165, 1.54) is 0 Å². The van der Waals surface area contributed by atoms with Crippen LogP contribution in [0.15, 0.2) is 73.3 Å². The first kappa shape index (κ1) is 19.7. The Kier molecular flexibility index (Phi) is 5.88. The zero-order valence-corrected chi connectivity index (χ0v) is 16.8. The maximum atomic E-state index is 12.6. The van der Waals surface area contributed by atoms with Crippen molar-refractivity contribution in [2.45, 2.75) is 38.5 Å². The van der Waals surface area contributed by atoms with Gasteiger partial charge in [-0.1, -0.05) is 60.7 Å². The Labute approximate surface area is 167 Å². The molecule has 4 heteroatoms. The van der Waals surface area contributed by atoms with Crippen molar-refractivity contribution in [1.82, 2.24) is 5.32 Å². The number of carbonyl (C=O) groups excluding carboxylic acids is 1. The first-order valence-electron chi connectivity index (χ1n) is 9.58. The van der Waals surface area contributed by atoms with Crippen LogP contribution in [0.3, 0.4) is 0 Å². The van der Waals surface area contributed by atoms with Crippen LogP contribution < -0.4 is 10.2 Å². The minimum Gasteiger partial charge on any atom is -0.444 e. The van der Waals surface area contributed by atoms with E-state index in [1.807, 2.05) is 57.2 Å². The standard InChI is InChI=1S/C24H28N2O2/c1-5-17-26(19-12-7-6-8-13-19)21-16-15-18-11-9-10-14-20(18)22(21)25-23(27)28-24(2,3)4/h5-16,21-22H,1,17H2,2-4H3,(H,25,27)/t21-,22-/m1/s1. The second kappa shape index (κ2) is 8.34. The van der Waals surface area contributed by atoms with Crippen molar-refractivity contribution in [2.75, 3.05) is 11.4 Å². The van der Waals surface area contributed by atoms with Crippen LogP contribution in [-0.2, 0) is 4.74 Å². The molecule has 0 aromatic heterocycles. The molecule has 2 aromatic rings. The Bertz CT molecular complexity index is 852. The maximum absolute atomic E-state index is 12.6. The summed E-state index contributed by atoms with van der Waals surface area (Å²) >= 11 is 0. The van der Waals surface area contributed by atoms with Gasteiger partial charge in [0.25, 0.3) is 0 Å². The van der Waals surface area contributed by atoms with Gasteiger partial charge in [0.2, 0.25) is 0 Å². The molecule has 1 amide bonds. The first-order chi connectivity index (χ1) is 13.4. The monoisotopic (exact) mass is 376 g/mol. The molecule has 0 saturated heterocycles. The van der Waals surface area contributed by atoms with Crippen molar-refractivity contribution in [1.29, 1.82) is 0 Å². The van der Waals surface area contributed by atoms with Gasteiger partial charge < -0.3 is 15.0 Å². The summed E-state index contributed by atoms with van der Waals surface area (Å²) in [5.41, 5.74) is 2.70. The molecule has 0 spiro atoms. The van der Waals surface area contributed by atoms with Gasteiger partial charge in [-0.15, -0.1) is 6.58 Å². The molecule has 3 rings (SSSR count). The number of benzene rings is 2. The first-order valence-corrected chi connectivity index (χ1v) is 9.58. The third kappa shape index (κ3) is 4.63. The SMILES string of the molecule is C=CCN(c1ccccc1)[C@@H]1C=Cc2ccccc2[C@H]1NC(=O)OC(C)(C)C. The van der Waals surface area contributed by atoms with Gasteiger partial charge in [-0.25, -0.2) is 4.79 Å². The number of alkyl carbamates (subject to hydrolysis) is 1. The molecule has 146 valence electrons. The van der Waals surface area contributed by atoms with Crippen molar-refractivity contribution >= 4 is 17.9 Å². The van der Waals surface area contributed by atoms with Crippen LogP contribution in [0.25, 0.3) is 6.08 Å². The number of hydrogen-bond acceptors (Lipinski definition) is 3. The van der Waals surface area contributed by atoms with E-state index < -0.39 is 11.7 Å². The highest BCUT2D eigenvalue weighted by atomic mass is 16.6. The van der Waals surface area contributed by atoms with Gasteiger partial charge in [-0.3, -0.25) is 0 Å². The van der Waals surface area contributed by atoms with Gasteiger partial charge in [-0.05, 0) is 44.0 Å². The van der Waals surface area contributed by atoms with E-state index in [2.05, 4.69) is 53.2 Å². The Morgan fingerprint density at radius 1 is 1.14 bits per heavy atom. The summed E-state index contributed by atoms with van der Waals surface area (Å²) in [6.07, 6.45) is 5.72. The molecule has 0 heterocycles. The number of nitrogens with one attached hydrogen (secondary N) is 1. The second-order valence-electron chi connectivity index (χ2n) is 7.88. The minimum atomic E-state index is -0.552. The van der Waals surface area contributed by atoms with Gasteiger partial charge in [0, 0.05) is 12.2 Å². The molecule has 1 N–H and O–H groups in total. The number of ether oxygens (including phenoxy) is 1. The summed E-state index contributed by atoms with van der Waals surface area (Å²) in [5, 5.41) is 3.10. The Balaban J connectivity index is 1.97. The summed E-state index contributed by atoms with van der Waals surface area (Å²) in [5.74, 6) is 0. The number of nitrogens with zero attached hydrogens (tertiary/aromatic N) is 1. The second-order valence-corrected chi connectivity index (χ2v) is 7.88. The third-order valence-electron chi connectivity index (χ3n) is 4.59. The molecular formula is C24H28N2O2. The van der Waals surface area contributed by atoms with Gasteiger partial charge in [0.15, 0.2) is 0 Å². The molecule has 1 aliphatic rings. The summed E-state index contributed by atoms with van der Waals surface area (Å²) in [4.78, 5) is 14.8. The van der Waals surface area contributed by atoms with Gasteiger partial charge in [-0.2, -0.15) is 0 Å². The van der Waals surface area contributed by atoms with E-state index in [4.69, 9.17) is 4.74 Å². The van der Waals surface area contributed by atoms with E-state index in [9.17, 15) is 4.79 Å². The summed E-state index contributed by atoms with van der Waals surface area (Å²) in [6, 6.07) is 18.0. The number of amides is 1. The van der Waals surface area contributed by atoms with Crippen LogP contribution in [0, 0.1) is 0 Å². The Morgan fingerprint density at radius 2 is 1.82 bits per heavy atom. The highest BCUT2D eigenvalue weighted by Crippen LogP contribution is 2.33. The average molecular weight is 377 g/mol. The smallest absolute Gasteiger partial charge is 0.408 e. The van der Waals surface area contributed by atoms with Crippen molar-refractivity contribution in [3.63, 3.8) is 0 Å². The average Bonchev–Trinajstić information content (AvgIpc) is 2.66. The fraction of sp³-hybridized carbons (Fsp3) is 0.292. The number of hydrogen-bond donors (Lipinski definition) is 1. The quantitative estimate of drug-likeness (QED) is 0.716. The van der Waals surface area contributed by atoms with E-state index in [-0.39, 0.29) is 12.1 Å². The van der Waals surface area contributed by atoms with Crippen molar-refractivity contribution in [3.8, 4) is 0 Å². The van der Waals surface area contributed by atoms with Crippen LogP contribution in [-0.4, -0.2) is 24.3 Å². The number of carbonyl (C=O) groups is 1. The molecule has 0 unspecified atom stereocenters. The molecule has 0 saturated carbocycles. The fourth-order valence-corrected chi connectivity index (χ4v) is 3.48. The number of rotatable bonds is 5. The van der Waals surface area contributed by atoms with E-state index in [1.54, 1.807) is 0 Å². The summed E-state index contributed by atoms with van der Waals surface area (Å²) < 4.78 is 5.54. The maximum Gasteiger partial charge on any atom is 0.408 e. The molecule has 0 aliphatic heterocycles. The lowest BCUT2D eigenvalue weighted by Gasteiger charge is -2.39. The molecule has 2 atom stereocenters. The topological polar surface area (TPSA) is 41.6 Å². The predicted octanol–water partition coefficient (Wildman–Crippen LogP) is 5.34. The molecule has 4 nitrogen and oxygen atoms in total. The molecule has 2 aromatic carbocycles. The zero-order chi connectivity index (χ0) is 20.1. The van der Waals surface area contributed by atoms with E-state index >= 15 is 0 Å². The molecule has 0 fully saturated rings. The van der Waals surface area contributed by atoms with Crippen LogP contribution in [0.4, 0.5) is 10.5 Å². The zero-order valence-electron chi connectivity index (χ0n) is 16.8. The van der Waals surface area contributed by atoms with Crippen LogP contribution in [0.1, 0.15) is 37.9 Å². The normalized spacial score (nSPS) is 18.1. The van der Waals surface area contributed by atoms with Gasteiger partial charge in [0.1, 0.15) is 5.60 Å². The van der Waals surface area contributed by atoms with Crippen molar-refractivity contribution < 1.29 is 9.53 Å². The van der Waals surface area contributed by atoms with Crippen LogP contribution >= 0.6 is 0 Å². The Hall–Kier alpha value is -3.01. The van der Waals surface area contributed by atoms with Crippen molar-refractivity contribution in [2.24, 2.45) is 0 Å². The minimum absolute atomic E-state index is 0.0668. The van der Waals surface area contributed by atoms with Crippen molar-refractivity contribution in [3.05, 3.63) is 84.5 Å². The summed E-state index contributed by atoms with van der Waals surface area (Å²) in [7, 11) is 0. The fourth-order valence-electron chi connectivity index (χ4n) is 3.48. The molecule has 1 aliphatic carbocycles. The van der Waals surface area contributed by atoms with Crippen LogP contribution in [0.5, 0.6) is 0 Å². The molecule has 28 heavy (non-hydrogen) atoms. The predicted molar refractivity (Wildman–Crippen MR) is 115 cm³/mol.